The van der Waals surface area contributed by atoms with Gasteiger partial charge in [0.2, 0.25) is 11.8 Å². The third-order valence-corrected chi connectivity index (χ3v) is 8.36. The number of aromatic nitrogens is 2. The highest BCUT2D eigenvalue weighted by molar-refractivity contribution is 6.01. The minimum atomic E-state index is -3.06. The maximum atomic E-state index is 15.2. The van der Waals surface area contributed by atoms with Gasteiger partial charge in [0.05, 0.1) is 18.2 Å². The van der Waals surface area contributed by atoms with Gasteiger partial charge in [0.1, 0.15) is 23.6 Å². The minimum Gasteiger partial charge on any atom is -0.345 e. The smallest absolute Gasteiger partial charge is 0.281 e. The zero-order chi connectivity index (χ0) is 29.5. The molecule has 3 atom stereocenters. The maximum absolute atomic E-state index is 15.2. The number of hydrogen-bond donors (Lipinski definition) is 4. The van der Waals surface area contributed by atoms with Gasteiger partial charge in [-0.2, -0.15) is 5.10 Å². The molecule has 0 radical (unpaired) electrons. The van der Waals surface area contributed by atoms with Gasteiger partial charge in [-0.05, 0) is 88.0 Å². The fourth-order valence-electron chi connectivity index (χ4n) is 5.72. The molecule has 9 nitrogen and oxygen atoms in total. The number of alkyl halides is 2. The predicted octanol–water partition coefficient (Wildman–Crippen LogP) is 3.60. The highest BCUT2D eigenvalue weighted by atomic mass is 19.3. The average molecular weight is 575 g/mol. The molecule has 0 spiro atoms. The van der Waals surface area contributed by atoms with Crippen LogP contribution < -0.4 is 21.3 Å². The molecule has 2 saturated carbocycles. The second-order valence-electron chi connectivity index (χ2n) is 11.9. The summed E-state index contributed by atoms with van der Waals surface area (Å²) in [5, 5.41) is 14.7. The number of carbonyl (C=O) groups is 3. The van der Waals surface area contributed by atoms with Crippen molar-refractivity contribution < 1.29 is 27.6 Å². The van der Waals surface area contributed by atoms with Crippen molar-refractivity contribution in [2.24, 2.45) is 17.8 Å². The van der Waals surface area contributed by atoms with E-state index in [9.17, 15) is 23.2 Å². The molecular weight excluding hydrogens is 537 g/mol. The molecule has 41 heavy (non-hydrogen) atoms. The molecule has 1 saturated heterocycles. The Balaban J connectivity index is 1.30. The first-order valence-electron chi connectivity index (χ1n) is 14.3. The van der Waals surface area contributed by atoms with E-state index in [1.165, 1.54) is 25.3 Å². The number of rotatable bonds is 11. The average Bonchev–Trinajstić information content (AvgIpc) is 3.85. The van der Waals surface area contributed by atoms with E-state index >= 15 is 4.39 Å². The van der Waals surface area contributed by atoms with Gasteiger partial charge >= 0.3 is 0 Å². The molecular formula is C29H37F3N6O3. The Morgan fingerprint density at radius 3 is 2.29 bits per heavy atom. The predicted molar refractivity (Wildman–Crippen MR) is 146 cm³/mol. The molecule has 5 rings (SSSR count). The summed E-state index contributed by atoms with van der Waals surface area (Å²) in [7, 11) is 0. The number of anilines is 1. The Labute approximate surface area is 237 Å². The van der Waals surface area contributed by atoms with E-state index in [1.54, 1.807) is 10.7 Å². The van der Waals surface area contributed by atoms with E-state index in [1.807, 2.05) is 13.8 Å². The van der Waals surface area contributed by atoms with Gasteiger partial charge in [-0.3, -0.25) is 19.1 Å². The number of amides is 3. The van der Waals surface area contributed by atoms with Gasteiger partial charge in [-0.1, -0.05) is 6.07 Å². The summed E-state index contributed by atoms with van der Waals surface area (Å²) in [5.41, 5.74) is 0.541. The van der Waals surface area contributed by atoms with Crippen LogP contribution in [-0.4, -0.2) is 58.6 Å². The topological polar surface area (TPSA) is 117 Å². The molecule has 3 amide bonds. The summed E-state index contributed by atoms with van der Waals surface area (Å²) < 4.78 is 44.6. The third kappa shape index (κ3) is 6.42. The van der Waals surface area contributed by atoms with E-state index in [0.717, 1.165) is 31.7 Å². The summed E-state index contributed by atoms with van der Waals surface area (Å²) in [4.78, 5) is 39.5. The van der Waals surface area contributed by atoms with Crippen molar-refractivity contribution in [2.75, 3.05) is 18.4 Å². The molecule has 1 aliphatic heterocycles. The molecule has 0 bridgehead atoms. The highest BCUT2D eigenvalue weighted by Crippen LogP contribution is 2.51. The molecule has 1 aromatic carbocycles. The van der Waals surface area contributed by atoms with E-state index in [0.29, 0.717) is 17.5 Å². The van der Waals surface area contributed by atoms with Crippen LogP contribution in [0.1, 0.15) is 74.5 Å². The first-order valence-corrected chi connectivity index (χ1v) is 14.3. The highest BCUT2D eigenvalue weighted by Gasteiger charge is 2.49. The van der Waals surface area contributed by atoms with Crippen LogP contribution in [0, 0.1) is 23.6 Å². The van der Waals surface area contributed by atoms with Crippen LogP contribution >= 0.6 is 0 Å². The molecule has 2 aliphatic carbocycles. The molecule has 4 N–H and O–H groups in total. The number of nitrogens with one attached hydrogen (secondary N) is 4. The molecule has 1 aromatic heterocycles. The summed E-state index contributed by atoms with van der Waals surface area (Å²) in [6.07, 6.45) is 5.47. The fourth-order valence-corrected chi connectivity index (χ4v) is 5.72. The quantitative estimate of drug-likeness (QED) is 0.327. The zero-order valence-electron chi connectivity index (χ0n) is 23.4. The number of benzene rings is 1. The van der Waals surface area contributed by atoms with Crippen LogP contribution in [0.2, 0.25) is 0 Å². The van der Waals surface area contributed by atoms with E-state index in [2.05, 4.69) is 26.4 Å². The number of halogens is 3. The standard InChI is InChI=1S/C29H37F3N6O3/c1-15(2)38-22(10-11-34-38)27(40)37-25(24(17-4-5-17)18-6-7-18)28(41)35-21-9-8-19(12-20(21)30)16(3)26(39)36-23-13-33-14-29(23,31)32/h8-12,15-18,23-25,33H,4-7,13-14H2,1-3H3,(H,35,41)(H,36,39)(H,37,40)/t16-,23+,25-/m0/s1. The van der Waals surface area contributed by atoms with Crippen molar-refractivity contribution in [3.8, 4) is 0 Å². The summed E-state index contributed by atoms with van der Waals surface area (Å²) >= 11 is 0. The Morgan fingerprint density at radius 1 is 1.05 bits per heavy atom. The number of carbonyl (C=O) groups excluding carboxylic acids is 3. The van der Waals surface area contributed by atoms with Crippen molar-refractivity contribution in [2.45, 2.75) is 76.4 Å². The van der Waals surface area contributed by atoms with E-state index in [4.69, 9.17) is 0 Å². The number of nitrogens with zero attached hydrogens (tertiary/aromatic N) is 2. The maximum Gasteiger partial charge on any atom is 0.281 e. The van der Waals surface area contributed by atoms with Gasteiger partial charge in [0, 0.05) is 18.8 Å². The van der Waals surface area contributed by atoms with Crippen LogP contribution in [0.15, 0.2) is 30.5 Å². The summed E-state index contributed by atoms with van der Waals surface area (Å²) in [6.45, 7) is 4.75. The van der Waals surface area contributed by atoms with E-state index in [-0.39, 0.29) is 29.8 Å². The molecule has 0 unspecified atom stereocenters. The third-order valence-electron chi connectivity index (χ3n) is 8.36. The Morgan fingerprint density at radius 2 is 1.73 bits per heavy atom. The fraction of sp³-hybridized carbons (Fsp3) is 0.586. The summed E-state index contributed by atoms with van der Waals surface area (Å²) in [6, 6.07) is 3.33. The van der Waals surface area contributed by atoms with Crippen molar-refractivity contribution in [1.82, 2.24) is 25.7 Å². The van der Waals surface area contributed by atoms with Crippen LogP contribution in [-0.2, 0) is 9.59 Å². The molecule has 3 aliphatic rings. The summed E-state index contributed by atoms with van der Waals surface area (Å²) in [5.74, 6) is -5.69. The second kappa shape index (κ2) is 11.5. The van der Waals surface area contributed by atoms with E-state index < -0.39 is 54.0 Å². The lowest BCUT2D eigenvalue weighted by Gasteiger charge is -2.28. The van der Waals surface area contributed by atoms with Crippen molar-refractivity contribution in [3.05, 3.63) is 47.5 Å². The first kappa shape index (κ1) is 29.1. The second-order valence-corrected chi connectivity index (χ2v) is 11.9. The molecule has 222 valence electrons. The lowest BCUT2D eigenvalue weighted by Crippen LogP contribution is -2.50. The lowest BCUT2D eigenvalue weighted by atomic mass is 9.88. The lowest BCUT2D eigenvalue weighted by molar-refractivity contribution is -0.125. The zero-order valence-corrected chi connectivity index (χ0v) is 23.4. The molecule has 3 fully saturated rings. The Bertz CT molecular complexity index is 1290. The monoisotopic (exact) mass is 574 g/mol. The van der Waals surface area contributed by atoms with Gasteiger partial charge in [0.25, 0.3) is 11.8 Å². The van der Waals surface area contributed by atoms with Gasteiger partial charge in [-0.25, -0.2) is 13.2 Å². The largest absolute Gasteiger partial charge is 0.345 e. The van der Waals surface area contributed by atoms with Crippen molar-refractivity contribution >= 4 is 23.4 Å². The molecule has 2 aromatic rings. The Kier molecular flexibility index (Phi) is 8.13. The first-order chi connectivity index (χ1) is 19.5. The van der Waals surface area contributed by atoms with Gasteiger partial charge in [0.15, 0.2) is 0 Å². The normalized spacial score (nSPS) is 21.5. The van der Waals surface area contributed by atoms with Crippen molar-refractivity contribution in [1.29, 1.82) is 0 Å². The van der Waals surface area contributed by atoms with Crippen molar-refractivity contribution in [3.63, 3.8) is 0 Å². The SMILES string of the molecule is CC(C)n1nccc1C(=O)N[C@H](C(=O)Nc1ccc([C@H](C)C(=O)N[C@@H]2CNCC2(F)F)cc1F)C(C1CC1)C1CC1. The minimum absolute atomic E-state index is 0.0506. The Hall–Kier alpha value is -3.41. The molecule has 12 heteroatoms. The van der Waals surface area contributed by atoms with Gasteiger partial charge in [-0.15, -0.1) is 0 Å². The van der Waals surface area contributed by atoms with Crippen LogP contribution in [0.3, 0.4) is 0 Å². The van der Waals surface area contributed by atoms with Gasteiger partial charge < -0.3 is 21.3 Å². The van der Waals surface area contributed by atoms with Crippen LogP contribution in [0.25, 0.3) is 0 Å². The number of hydrogen-bond acceptors (Lipinski definition) is 5. The van der Waals surface area contributed by atoms with Crippen LogP contribution in [0.5, 0.6) is 0 Å². The molecule has 2 heterocycles. The van der Waals surface area contributed by atoms with Crippen LogP contribution in [0.4, 0.5) is 18.9 Å².